The van der Waals surface area contributed by atoms with Crippen molar-refractivity contribution in [2.24, 2.45) is 0 Å². The van der Waals surface area contributed by atoms with Crippen molar-refractivity contribution < 1.29 is 9.90 Å². The molecule has 74 valence electrons. The van der Waals surface area contributed by atoms with Gasteiger partial charge in [-0.05, 0) is 12.1 Å². The number of para-hydroxylation sites is 1. The first-order valence-corrected chi connectivity index (χ1v) is 5.05. The van der Waals surface area contributed by atoms with Crippen molar-refractivity contribution in [2.75, 3.05) is 0 Å². The van der Waals surface area contributed by atoms with Crippen molar-refractivity contribution >= 4 is 32.5 Å². The maximum Gasteiger partial charge on any atom is 0.374 e. The van der Waals surface area contributed by atoms with Crippen LogP contribution in [0.3, 0.4) is 0 Å². The van der Waals surface area contributed by atoms with E-state index < -0.39 is 5.97 Å². The Labute approximate surface area is 87.6 Å². The topological polar surface area (TPSA) is 67.5 Å². The van der Waals surface area contributed by atoms with Crippen LogP contribution in [0.1, 0.15) is 10.6 Å². The van der Waals surface area contributed by atoms with Crippen molar-refractivity contribution in [2.45, 2.75) is 0 Å². The number of nitrogens with zero attached hydrogens (tertiary/aromatic N) is 3. The maximum absolute atomic E-state index is 10.9. The highest BCUT2D eigenvalue weighted by Crippen LogP contribution is 2.25. The molecule has 0 atom stereocenters. The monoisotopic (exact) mass is 219 g/mol. The van der Waals surface area contributed by atoms with Gasteiger partial charge in [-0.2, -0.15) is 0 Å². The SMILES string of the molecule is O=C(O)c1nnc2sc3ccccc3n12. The first-order chi connectivity index (χ1) is 7.27. The van der Waals surface area contributed by atoms with Crippen LogP contribution in [-0.2, 0) is 0 Å². The molecule has 2 heterocycles. The molecule has 15 heavy (non-hydrogen) atoms. The standard InChI is InChI=1S/C9H5N3O2S/c13-8(14)7-10-11-9-12(7)5-3-1-2-4-6(5)15-9/h1-4H,(H,13,14). The number of hydrogen-bond acceptors (Lipinski definition) is 4. The molecule has 3 rings (SSSR count). The summed E-state index contributed by atoms with van der Waals surface area (Å²) < 4.78 is 2.56. The average Bonchev–Trinajstić information content (AvgIpc) is 2.74. The van der Waals surface area contributed by atoms with Gasteiger partial charge in [0.1, 0.15) is 0 Å². The number of benzene rings is 1. The van der Waals surface area contributed by atoms with Crippen molar-refractivity contribution in [1.29, 1.82) is 0 Å². The molecule has 0 fully saturated rings. The Kier molecular flexibility index (Phi) is 1.54. The second-order valence-electron chi connectivity index (χ2n) is 3.02. The Hall–Kier alpha value is -1.95. The van der Waals surface area contributed by atoms with Crippen molar-refractivity contribution in [1.82, 2.24) is 14.6 Å². The number of rotatable bonds is 1. The van der Waals surface area contributed by atoms with Crippen LogP contribution in [0, 0.1) is 0 Å². The molecule has 0 amide bonds. The van der Waals surface area contributed by atoms with Gasteiger partial charge in [0, 0.05) is 0 Å². The molecule has 1 N–H and O–H groups in total. The minimum atomic E-state index is -1.06. The van der Waals surface area contributed by atoms with Gasteiger partial charge in [-0.15, -0.1) is 10.2 Å². The van der Waals surface area contributed by atoms with E-state index in [0.29, 0.717) is 4.96 Å². The van der Waals surface area contributed by atoms with Gasteiger partial charge in [0.15, 0.2) is 0 Å². The molecule has 0 aliphatic rings. The summed E-state index contributed by atoms with van der Waals surface area (Å²) >= 11 is 1.43. The second kappa shape index (κ2) is 2.77. The number of aromatic nitrogens is 3. The third-order valence-corrected chi connectivity index (χ3v) is 3.14. The number of carboxylic acids is 1. The number of carboxylic acid groups (broad SMARTS) is 1. The predicted molar refractivity (Wildman–Crippen MR) is 55.3 cm³/mol. The van der Waals surface area contributed by atoms with Gasteiger partial charge in [-0.25, -0.2) is 4.79 Å². The summed E-state index contributed by atoms with van der Waals surface area (Å²) in [4.78, 5) is 11.5. The van der Waals surface area contributed by atoms with Gasteiger partial charge >= 0.3 is 5.97 Å². The number of hydrogen-bond donors (Lipinski definition) is 1. The average molecular weight is 219 g/mol. The van der Waals surface area contributed by atoms with E-state index in [1.807, 2.05) is 24.3 Å². The van der Waals surface area contributed by atoms with Crippen LogP contribution in [0.2, 0.25) is 0 Å². The fourth-order valence-electron chi connectivity index (χ4n) is 1.52. The largest absolute Gasteiger partial charge is 0.475 e. The maximum atomic E-state index is 10.9. The molecule has 0 spiro atoms. The van der Waals surface area contributed by atoms with Crippen LogP contribution >= 0.6 is 11.3 Å². The van der Waals surface area contributed by atoms with E-state index in [1.54, 1.807) is 4.40 Å². The molecule has 0 aliphatic heterocycles. The molecular formula is C9H5N3O2S. The normalized spacial score (nSPS) is 11.2. The Bertz CT molecular complexity index is 670. The predicted octanol–water partition coefficient (Wildman–Crippen LogP) is 1.64. The van der Waals surface area contributed by atoms with Gasteiger partial charge < -0.3 is 5.11 Å². The summed E-state index contributed by atoms with van der Waals surface area (Å²) in [7, 11) is 0. The lowest BCUT2D eigenvalue weighted by Crippen LogP contribution is -2.02. The van der Waals surface area contributed by atoms with E-state index in [9.17, 15) is 4.79 Å². The fraction of sp³-hybridized carbons (Fsp3) is 0. The Morgan fingerprint density at radius 3 is 2.93 bits per heavy atom. The molecule has 0 aliphatic carbocycles. The van der Waals surface area contributed by atoms with Crippen LogP contribution in [-0.4, -0.2) is 25.7 Å². The zero-order valence-electron chi connectivity index (χ0n) is 7.41. The number of thiazole rings is 1. The van der Waals surface area contributed by atoms with E-state index >= 15 is 0 Å². The van der Waals surface area contributed by atoms with Crippen LogP contribution in [0.25, 0.3) is 15.2 Å². The van der Waals surface area contributed by atoms with E-state index in [2.05, 4.69) is 10.2 Å². The van der Waals surface area contributed by atoms with Crippen LogP contribution in [0.4, 0.5) is 0 Å². The zero-order chi connectivity index (χ0) is 10.4. The molecule has 0 saturated heterocycles. The lowest BCUT2D eigenvalue weighted by Gasteiger charge is -1.91. The quantitative estimate of drug-likeness (QED) is 0.675. The lowest BCUT2D eigenvalue weighted by atomic mass is 10.3. The van der Waals surface area contributed by atoms with Gasteiger partial charge in [0.05, 0.1) is 10.2 Å². The zero-order valence-corrected chi connectivity index (χ0v) is 8.23. The Morgan fingerprint density at radius 1 is 1.33 bits per heavy atom. The second-order valence-corrected chi connectivity index (χ2v) is 4.03. The minimum absolute atomic E-state index is 0.0394. The van der Waals surface area contributed by atoms with Crippen LogP contribution in [0.5, 0.6) is 0 Å². The summed E-state index contributed by atoms with van der Waals surface area (Å²) in [6, 6.07) is 7.56. The first kappa shape index (κ1) is 8.37. The summed E-state index contributed by atoms with van der Waals surface area (Å²) in [5.74, 6) is -1.10. The third kappa shape index (κ3) is 1.05. The molecule has 0 saturated carbocycles. The van der Waals surface area contributed by atoms with E-state index in [-0.39, 0.29) is 5.82 Å². The molecule has 5 nitrogen and oxygen atoms in total. The summed E-state index contributed by atoms with van der Waals surface area (Å²) in [5, 5.41) is 16.4. The Morgan fingerprint density at radius 2 is 2.13 bits per heavy atom. The lowest BCUT2D eigenvalue weighted by molar-refractivity contribution is 0.0682. The van der Waals surface area contributed by atoms with Crippen molar-refractivity contribution in [3.05, 3.63) is 30.1 Å². The molecule has 0 unspecified atom stereocenters. The van der Waals surface area contributed by atoms with Gasteiger partial charge in [-0.1, -0.05) is 23.5 Å². The molecule has 3 aromatic rings. The highest BCUT2D eigenvalue weighted by atomic mass is 32.1. The highest BCUT2D eigenvalue weighted by Gasteiger charge is 2.16. The summed E-state index contributed by atoms with van der Waals surface area (Å²) in [5.41, 5.74) is 0.833. The molecule has 6 heteroatoms. The molecular weight excluding hydrogens is 214 g/mol. The van der Waals surface area contributed by atoms with E-state index in [0.717, 1.165) is 10.2 Å². The number of fused-ring (bicyclic) bond motifs is 3. The molecule has 1 aromatic carbocycles. The molecule has 0 radical (unpaired) electrons. The van der Waals surface area contributed by atoms with E-state index in [1.165, 1.54) is 11.3 Å². The number of aromatic carboxylic acids is 1. The van der Waals surface area contributed by atoms with Crippen LogP contribution in [0.15, 0.2) is 24.3 Å². The van der Waals surface area contributed by atoms with Gasteiger partial charge in [-0.3, -0.25) is 4.40 Å². The van der Waals surface area contributed by atoms with Gasteiger partial charge in [0.2, 0.25) is 10.8 Å². The molecule has 2 aromatic heterocycles. The summed E-state index contributed by atoms with van der Waals surface area (Å²) in [6.45, 7) is 0. The Balaban J connectivity index is 2.54. The van der Waals surface area contributed by atoms with Crippen LogP contribution < -0.4 is 0 Å². The minimum Gasteiger partial charge on any atom is -0.475 e. The number of carbonyl (C=O) groups is 1. The smallest absolute Gasteiger partial charge is 0.374 e. The summed E-state index contributed by atoms with van der Waals surface area (Å²) in [6.07, 6.45) is 0. The third-order valence-electron chi connectivity index (χ3n) is 2.13. The first-order valence-electron chi connectivity index (χ1n) is 4.23. The van der Waals surface area contributed by atoms with Gasteiger partial charge in [0.25, 0.3) is 0 Å². The van der Waals surface area contributed by atoms with E-state index in [4.69, 9.17) is 5.11 Å². The molecule has 0 bridgehead atoms. The van der Waals surface area contributed by atoms with Crippen molar-refractivity contribution in [3.8, 4) is 0 Å². The highest BCUT2D eigenvalue weighted by molar-refractivity contribution is 7.23. The fourth-order valence-corrected chi connectivity index (χ4v) is 2.48. The van der Waals surface area contributed by atoms with Crippen molar-refractivity contribution in [3.63, 3.8) is 0 Å².